The normalized spacial score (nSPS) is 13.4. The van der Waals surface area contributed by atoms with Crippen LogP contribution in [0.1, 0.15) is 21.5 Å². The van der Waals surface area contributed by atoms with E-state index in [0.29, 0.717) is 31.0 Å². The van der Waals surface area contributed by atoms with Crippen molar-refractivity contribution in [1.82, 2.24) is 10.3 Å². The van der Waals surface area contributed by atoms with E-state index >= 15 is 0 Å². The molecule has 0 atom stereocenters. The predicted octanol–water partition coefficient (Wildman–Crippen LogP) is 3.23. The highest BCUT2D eigenvalue weighted by Gasteiger charge is 2.23. The second-order valence-electron chi connectivity index (χ2n) is 8.27. The van der Waals surface area contributed by atoms with Crippen LogP contribution in [0.5, 0.6) is 0 Å². The third-order valence-corrected chi connectivity index (χ3v) is 5.86. The number of morpholine rings is 1. The monoisotopic (exact) mass is 458 g/mol. The van der Waals surface area contributed by atoms with Crippen LogP contribution in [0.25, 0.3) is 0 Å². The molecule has 7 heteroatoms. The van der Waals surface area contributed by atoms with Gasteiger partial charge in [-0.1, -0.05) is 48.5 Å². The molecule has 1 aliphatic rings. The Morgan fingerprint density at radius 2 is 1.74 bits per heavy atom. The van der Waals surface area contributed by atoms with E-state index in [1.807, 2.05) is 67.6 Å². The van der Waals surface area contributed by atoms with E-state index in [1.54, 1.807) is 12.3 Å². The molecule has 2 amide bonds. The summed E-state index contributed by atoms with van der Waals surface area (Å²) in [5.74, 6) is 0.361. The fourth-order valence-electron chi connectivity index (χ4n) is 3.97. The summed E-state index contributed by atoms with van der Waals surface area (Å²) in [5.41, 5.74) is 3.23. The van der Waals surface area contributed by atoms with Crippen molar-refractivity contribution >= 4 is 23.3 Å². The third-order valence-electron chi connectivity index (χ3n) is 5.86. The molecule has 0 bridgehead atoms. The van der Waals surface area contributed by atoms with Crippen LogP contribution in [0.15, 0.2) is 72.9 Å². The molecule has 0 radical (unpaired) electrons. The van der Waals surface area contributed by atoms with E-state index in [0.717, 1.165) is 36.5 Å². The van der Waals surface area contributed by atoms with Crippen LogP contribution < -0.4 is 15.1 Å². The van der Waals surface area contributed by atoms with Crippen LogP contribution >= 0.6 is 0 Å². The van der Waals surface area contributed by atoms with E-state index in [1.165, 1.54) is 4.90 Å². The number of amides is 2. The summed E-state index contributed by atoms with van der Waals surface area (Å²) in [4.78, 5) is 34.4. The van der Waals surface area contributed by atoms with Gasteiger partial charge in [-0.05, 0) is 42.7 Å². The van der Waals surface area contributed by atoms with Crippen molar-refractivity contribution in [3.05, 3.63) is 89.6 Å². The minimum Gasteiger partial charge on any atom is -0.378 e. The SMILES string of the molecule is Cc1ccccc1N(CC(=O)NCCc1ccccc1)C(=O)c1ccc(N2CCOCC2)nc1. The van der Waals surface area contributed by atoms with Gasteiger partial charge in [0.1, 0.15) is 12.4 Å². The molecule has 3 aromatic rings. The van der Waals surface area contributed by atoms with Gasteiger partial charge in [0.05, 0.1) is 18.8 Å². The van der Waals surface area contributed by atoms with Gasteiger partial charge in [0.2, 0.25) is 5.91 Å². The van der Waals surface area contributed by atoms with E-state index in [4.69, 9.17) is 4.74 Å². The van der Waals surface area contributed by atoms with E-state index in [2.05, 4.69) is 15.2 Å². The molecule has 176 valence electrons. The minimum atomic E-state index is -0.256. The molecule has 4 rings (SSSR count). The number of carbonyl (C=O) groups excluding carboxylic acids is 2. The predicted molar refractivity (Wildman–Crippen MR) is 133 cm³/mol. The molecule has 0 saturated carbocycles. The summed E-state index contributed by atoms with van der Waals surface area (Å²) in [5, 5.41) is 2.94. The lowest BCUT2D eigenvalue weighted by Gasteiger charge is -2.28. The summed E-state index contributed by atoms with van der Waals surface area (Å²) in [6.45, 7) is 5.27. The van der Waals surface area contributed by atoms with Gasteiger partial charge >= 0.3 is 0 Å². The Hall–Kier alpha value is -3.71. The summed E-state index contributed by atoms with van der Waals surface area (Å²) in [6.07, 6.45) is 2.32. The number of hydrogen-bond donors (Lipinski definition) is 1. The number of nitrogens with one attached hydrogen (secondary N) is 1. The molecule has 1 N–H and O–H groups in total. The molecule has 1 fully saturated rings. The molecule has 2 heterocycles. The number of benzene rings is 2. The smallest absolute Gasteiger partial charge is 0.260 e. The van der Waals surface area contributed by atoms with Crippen molar-refractivity contribution in [2.24, 2.45) is 0 Å². The Morgan fingerprint density at radius 3 is 2.44 bits per heavy atom. The van der Waals surface area contributed by atoms with E-state index < -0.39 is 0 Å². The van der Waals surface area contributed by atoms with Crippen molar-refractivity contribution in [1.29, 1.82) is 0 Å². The third kappa shape index (κ3) is 5.99. The summed E-state index contributed by atoms with van der Waals surface area (Å²) < 4.78 is 5.40. The minimum absolute atomic E-state index is 0.0658. The lowest BCUT2D eigenvalue weighted by atomic mass is 10.1. The maximum atomic E-state index is 13.5. The van der Waals surface area contributed by atoms with Gasteiger partial charge < -0.3 is 15.0 Å². The van der Waals surface area contributed by atoms with Gasteiger partial charge in [0.15, 0.2) is 0 Å². The standard InChI is InChI=1S/C27H30N4O3/c1-21-7-5-6-10-24(21)31(20-26(32)28-14-13-22-8-3-2-4-9-22)27(33)23-11-12-25(29-19-23)30-15-17-34-18-16-30/h2-12,19H,13-18,20H2,1H3,(H,28,32). The molecule has 7 nitrogen and oxygen atoms in total. The van der Waals surface area contributed by atoms with Gasteiger partial charge in [-0.3, -0.25) is 14.5 Å². The highest BCUT2D eigenvalue weighted by Crippen LogP contribution is 2.22. The first-order valence-corrected chi connectivity index (χ1v) is 11.6. The number of rotatable bonds is 8. The number of aromatic nitrogens is 1. The Kier molecular flexibility index (Phi) is 7.88. The second-order valence-corrected chi connectivity index (χ2v) is 8.27. The topological polar surface area (TPSA) is 74.8 Å². The van der Waals surface area contributed by atoms with E-state index in [-0.39, 0.29) is 18.4 Å². The summed E-state index contributed by atoms with van der Waals surface area (Å²) in [6, 6.07) is 21.2. The highest BCUT2D eigenvalue weighted by molar-refractivity contribution is 6.09. The molecule has 1 saturated heterocycles. The van der Waals surface area contributed by atoms with Crippen LogP contribution in [0.3, 0.4) is 0 Å². The lowest BCUT2D eigenvalue weighted by Crippen LogP contribution is -2.42. The largest absolute Gasteiger partial charge is 0.378 e. The van der Waals surface area contributed by atoms with Gasteiger partial charge in [-0.25, -0.2) is 4.98 Å². The molecule has 2 aromatic carbocycles. The number of nitrogens with zero attached hydrogens (tertiary/aromatic N) is 3. The Labute approximate surface area is 200 Å². The number of pyridine rings is 1. The maximum absolute atomic E-state index is 13.5. The average molecular weight is 459 g/mol. The molecular formula is C27H30N4O3. The Balaban J connectivity index is 1.46. The first-order chi connectivity index (χ1) is 16.6. The van der Waals surface area contributed by atoms with Crippen LogP contribution in [0.2, 0.25) is 0 Å². The van der Waals surface area contributed by atoms with Crippen molar-refractivity contribution in [3.63, 3.8) is 0 Å². The molecule has 1 aromatic heterocycles. The molecule has 0 unspecified atom stereocenters. The molecular weight excluding hydrogens is 428 g/mol. The van der Waals surface area contributed by atoms with Gasteiger partial charge in [-0.2, -0.15) is 0 Å². The quantitative estimate of drug-likeness (QED) is 0.561. The van der Waals surface area contributed by atoms with Crippen molar-refractivity contribution in [2.75, 3.05) is 49.2 Å². The zero-order valence-corrected chi connectivity index (χ0v) is 19.4. The van der Waals surface area contributed by atoms with Crippen molar-refractivity contribution < 1.29 is 14.3 Å². The van der Waals surface area contributed by atoms with Crippen LogP contribution in [-0.4, -0.2) is 56.2 Å². The van der Waals surface area contributed by atoms with Gasteiger partial charge in [-0.15, -0.1) is 0 Å². The van der Waals surface area contributed by atoms with Crippen molar-refractivity contribution in [3.8, 4) is 0 Å². The lowest BCUT2D eigenvalue weighted by molar-refractivity contribution is -0.119. The number of aryl methyl sites for hydroxylation is 1. The number of carbonyl (C=O) groups is 2. The van der Waals surface area contributed by atoms with Crippen LogP contribution in [-0.2, 0) is 16.0 Å². The number of ether oxygens (including phenoxy) is 1. The van der Waals surface area contributed by atoms with E-state index in [9.17, 15) is 9.59 Å². The van der Waals surface area contributed by atoms with Crippen molar-refractivity contribution in [2.45, 2.75) is 13.3 Å². The highest BCUT2D eigenvalue weighted by atomic mass is 16.5. The Bertz CT molecular complexity index is 1100. The van der Waals surface area contributed by atoms with Crippen LogP contribution in [0.4, 0.5) is 11.5 Å². The maximum Gasteiger partial charge on any atom is 0.260 e. The zero-order chi connectivity index (χ0) is 23.8. The molecule has 0 spiro atoms. The molecule has 34 heavy (non-hydrogen) atoms. The first kappa shape index (κ1) is 23.4. The van der Waals surface area contributed by atoms with Gasteiger partial charge in [0.25, 0.3) is 5.91 Å². The van der Waals surface area contributed by atoms with Gasteiger partial charge in [0, 0.05) is 31.5 Å². The first-order valence-electron chi connectivity index (χ1n) is 11.6. The summed E-state index contributed by atoms with van der Waals surface area (Å²) >= 11 is 0. The average Bonchev–Trinajstić information content (AvgIpc) is 2.89. The fraction of sp³-hybridized carbons (Fsp3) is 0.296. The molecule has 0 aliphatic carbocycles. The fourth-order valence-corrected chi connectivity index (χ4v) is 3.97. The van der Waals surface area contributed by atoms with Crippen LogP contribution in [0, 0.1) is 6.92 Å². The Morgan fingerprint density at radius 1 is 1.00 bits per heavy atom. The summed E-state index contributed by atoms with van der Waals surface area (Å²) in [7, 11) is 0. The second kappa shape index (κ2) is 11.4. The number of hydrogen-bond acceptors (Lipinski definition) is 5. The molecule has 1 aliphatic heterocycles. The number of para-hydroxylation sites is 1. The zero-order valence-electron chi connectivity index (χ0n) is 19.4. The number of anilines is 2.